The predicted molar refractivity (Wildman–Crippen MR) is 113 cm³/mol. The van der Waals surface area contributed by atoms with Gasteiger partial charge in [-0.25, -0.2) is 14.2 Å². The Balaban J connectivity index is 1.69. The van der Waals surface area contributed by atoms with Gasteiger partial charge in [-0.2, -0.15) is 0 Å². The van der Waals surface area contributed by atoms with Crippen molar-refractivity contribution >= 4 is 40.2 Å². The maximum atomic E-state index is 14.6. The Hall–Kier alpha value is -3.20. The number of anilines is 1. The zero-order valence-electron chi connectivity index (χ0n) is 16.1. The first kappa shape index (κ1) is 20.1. The van der Waals surface area contributed by atoms with Crippen molar-refractivity contribution in [3.63, 3.8) is 0 Å². The van der Waals surface area contributed by atoms with Crippen molar-refractivity contribution in [3.05, 3.63) is 65.5 Å². The third-order valence-corrected chi connectivity index (χ3v) is 5.99. The maximum Gasteiger partial charge on any atom is 0.317 e. The second kappa shape index (κ2) is 8.27. The molecule has 1 saturated heterocycles. The van der Waals surface area contributed by atoms with Crippen LogP contribution in [0.5, 0.6) is 0 Å². The molecule has 2 N–H and O–H groups in total. The molecule has 0 bridgehead atoms. The molecule has 30 heavy (non-hydrogen) atoms. The summed E-state index contributed by atoms with van der Waals surface area (Å²) in [6.45, 7) is 0. The van der Waals surface area contributed by atoms with Crippen LogP contribution >= 0.6 is 11.8 Å². The molecule has 9 heteroatoms. The largest absolute Gasteiger partial charge is 0.334 e. The highest BCUT2D eigenvalue weighted by atomic mass is 32.2. The number of hydrogen-bond donors (Lipinski definition) is 2. The SMILES string of the molecule is CN1C(=O)C(NC(=O)NC2CSC(=O)C2)N=C(c2ccccc2F)c2ccccc21. The number of likely N-dealkylation sites (N-methyl/N-ethyl adjacent to an activating group) is 1. The standard InChI is InChI=1S/C21H19FN4O3S/c1-26-16-9-5-3-7-14(16)18(13-6-2-4-8-15(13)22)24-19(20(26)28)25-21(29)23-12-10-17(27)30-11-12/h2-9,12,19H,10-11H2,1H3,(H2,23,25,29). The van der Waals surface area contributed by atoms with E-state index < -0.39 is 23.9 Å². The van der Waals surface area contributed by atoms with Crippen LogP contribution in [0.2, 0.25) is 0 Å². The predicted octanol–water partition coefficient (Wildman–Crippen LogP) is 2.30. The van der Waals surface area contributed by atoms with Gasteiger partial charge in [-0.05, 0) is 18.2 Å². The van der Waals surface area contributed by atoms with E-state index in [1.165, 1.54) is 11.0 Å². The Morgan fingerprint density at radius 2 is 1.80 bits per heavy atom. The molecule has 2 heterocycles. The summed E-state index contributed by atoms with van der Waals surface area (Å²) in [7, 11) is 1.58. The van der Waals surface area contributed by atoms with Crippen molar-refractivity contribution in [2.45, 2.75) is 18.6 Å². The Morgan fingerprint density at radius 3 is 2.50 bits per heavy atom. The summed E-state index contributed by atoms with van der Waals surface area (Å²) in [5, 5.41) is 5.27. The fraction of sp³-hybridized carbons (Fsp3) is 0.238. The average molecular weight is 426 g/mol. The Bertz CT molecular complexity index is 1060. The fourth-order valence-corrected chi connectivity index (χ4v) is 4.35. The van der Waals surface area contributed by atoms with Crippen molar-refractivity contribution in [3.8, 4) is 0 Å². The van der Waals surface area contributed by atoms with Crippen LogP contribution in [-0.2, 0) is 9.59 Å². The van der Waals surface area contributed by atoms with Crippen molar-refractivity contribution < 1.29 is 18.8 Å². The third kappa shape index (κ3) is 3.93. The summed E-state index contributed by atoms with van der Waals surface area (Å²) in [4.78, 5) is 42.7. The first-order valence-electron chi connectivity index (χ1n) is 9.36. The number of halogens is 1. The number of rotatable bonds is 3. The van der Waals surface area contributed by atoms with E-state index in [-0.39, 0.29) is 28.9 Å². The van der Waals surface area contributed by atoms with Gasteiger partial charge >= 0.3 is 6.03 Å². The van der Waals surface area contributed by atoms with E-state index >= 15 is 0 Å². The Morgan fingerprint density at radius 1 is 1.10 bits per heavy atom. The molecule has 2 aromatic rings. The molecular formula is C21H19FN4O3S. The number of fused-ring (bicyclic) bond motifs is 1. The minimum absolute atomic E-state index is 0.0147. The van der Waals surface area contributed by atoms with Gasteiger partial charge in [0.15, 0.2) is 5.12 Å². The van der Waals surface area contributed by atoms with Gasteiger partial charge in [0.05, 0.1) is 11.4 Å². The van der Waals surface area contributed by atoms with Crippen LogP contribution in [0, 0.1) is 5.82 Å². The Labute approximate surface area is 176 Å². The van der Waals surface area contributed by atoms with Crippen LogP contribution in [0.1, 0.15) is 17.5 Å². The lowest BCUT2D eigenvalue weighted by molar-refractivity contribution is -0.119. The molecule has 0 radical (unpaired) electrons. The third-order valence-electron chi connectivity index (χ3n) is 4.93. The number of urea groups is 1. The van der Waals surface area contributed by atoms with Gasteiger partial charge in [0.25, 0.3) is 5.91 Å². The molecule has 0 aliphatic carbocycles. The zero-order chi connectivity index (χ0) is 21.3. The van der Waals surface area contributed by atoms with E-state index in [9.17, 15) is 18.8 Å². The number of benzene rings is 2. The highest BCUT2D eigenvalue weighted by Crippen LogP contribution is 2.28. The van der Waals surface area contributed by atoms with E-state index in [2.05, 4.69) is 15.6 Å². The summed E-state index contributed by atoms with van der Waals surface area (Å²) in [6.07, 6.45) is -1.01. The van der Waals surface area contributed by atoms with Crippen molar-refractivity contribution in [2.24, 2.45) is 4.99 Å². The van der Waals surface area contributed by atoms with Crippen molar-refractivity contribution in [1.29, 1.82) is 0 Å². The molecular weight excluding hydrogens is 407 g/mol. The second-order valence-corrected chi connectivity index (χ2v) is 8.05. The van der Waals surface area contributed by atoms with E-state index in [0.717, 1.165) is 11.8 Å². The molecule has 2 aliphatic rings. The van der Waals surface area contributed by atoms with Crippen LogP contribution in [-0.4, -0.2) is 47.8 Å². The first-order chi connectivity index (χ1) is 14.4. The van der Waals surface area contributed by atoms with Gasteiger partial charge in [0, 0.05) is 36.4 Å². The number of thioether (sulfide) groups is 1. The highest BCUT2D eigenvalue weighted by molar-refractivity contribution is 8.14. The monoisotopic (exact) mass is 426 g/mol. The molecule has 7 nitrogen and oxygen atoms in total. The lowest BCUT2D eigenvalue weighted by atomic mass is 10.00. The fourth-order valence-electron chi connectivity index (χ4n) is 3.44. The number of nitrogens with one attached hydrogen (secondary N) is 2. The van der Waals surface area contributed by atoms with Crippen LogP contribution in [0.4, 0.5) is 14.9 Å². The molecule has 1 fully saturated rings. The number of carbonyl (C=O) groups is 3. The lowest BCUT2D eigenvalue weighted by Gasteiger charge is -2.21. The van der Waals surface area contributed by atoms with Crippen LogP contribution in [0.15, 0.2) is 53.5 Å². The normalized spacial score (nSPS) is 21.0. The van der Waals surface area contributed by atoms with E-state index in [1.54, 1.807) is 49.5 Å². The molecule has 0 spiro atoms. The second-order valence-electron chi connectivity index (χ2n) is 6.98. The lowest BCUT2D eigenvalue weighted by Crippen LogP contribution is -2.51. The van der Waals surface area contributed by atoms with Crippen molar-refractivity contribution in [2.75, 3.05) is 17.7 Å². The number of amides is 3. The molecule has 2 aromatic carbocycles. The molecule has 2 atom stereocenters. The summed E-state index contributed by atoms with van der Waals surface area (Å²) in [5.41, 5.74) is 1.66. The topological polar surface area (TPSA) is 90.9 Å². The number of aliphatic imine (C=N–C) groups is 1. The number of hydrogen-bond acceptors (Lipinski definition) is 5. The summed E-state index contributed by atoms with van der Waals surface area (Å²) in [5.74, 6) is -0.450. The van der Waals surface area contributed by atoms with E-state index in [4.69, 9.17) is 0 Å². The molecule has 154 valence electrons. The molecule has 0 saturated carbocycles. The summed E-state index contributed by atoms with van der Waals surface area (Å²) < 4.78 is 14.6. The van der Waals surface area contributed by atoms with Crippen LogP contribution in [0.3, 0.4) is 0 Å². The number of benzodiazepines with no additional fused rings is 1. The molecule has 0 aromatic heterocycles. The quantitative estimate of drug-likeness (QED) is 0.788. The minimum atomic E-state index is -1.25. The van der Waals surface area contributed by atoms with Gasteiger partial charge in [-0.3, -0.25) is 9.59 Å². The molecule has 3 amide bonds. The smallest absolute Gasteiger partial charge is 0.317 e. The van der Waals surface area contributed by atoms with Crippen LogP contribution < -0.4 is 15.5 Å². The number of carbonyl (C=O) groups excluding carboxylic acids is 3. The van der Waals surface area contributed by atoms with Gasteiger partial charge in [0.1, 0.15) is 5.82 Å². The molecule has 2 aliphatic heterocycles. The number of nitrogens with zero attached hydrogens (tertiary/aromatic N) is 2. The van der Waals surface area contributed by atoms with E-state index in [0.29, 0.717) is 17.0 Å². The summed E-state index contributed by atoms with van der Waals surface area (Å²) in [6, 6.07) is 12.3. The Kier molecular flexibility index (Phi) is 5.54. The van der Waals surface area contributed by atoms with Gasteiger partial charge in [-0.1, -0.05) is 42.1 Å². The number of para-hydroxylation sites is 1. The maximum absolute atomic E-state index is 14.6. The van der Waals surface area contributed by atoms with Gasteiger partial charge < -0.3 is 15.5 Å². The minimum Gasteiger partial charge on any atom is -0.334 e. The van der Waals surface area contributed by atoms with E-state index in [1.807, 2.05) is 0 Å². The average Bonchev–Trinajstić information content (AvgIpc) is 3.11. The molecule has 2 unspecified atom stereocenters. The molecule has 4 rings (SSSR count). The van der Waals surface area contributed by atoms with Crippen LogP contribution in [0.25, 0.3) is 0 Å². The highest BCUT2D eigenvalue weighted by Gasteiger charge is 2.32. The van der Waals surface area contributed by atoms with Crippen molar-refractivity contribution in [1.82, 2.24) is 10.6 Å². The first-order valence-corrected chi connectivity index (χ1v) is 10.3. The van der Waals surface area contributed by atoms with Gasteiger partial charge in [0.2, 0.25) is 6.17 Å². The summed E-state index contributed by atoms with van der Waals surface area (Å²) >= 11 is 1.16. The zero-order valence-corrected chi connectivity index (χ0v) is 16.9. The van der Waals surface area contributed by atoms with Gasteiger partial charge in [-0.15, -0.1) is 0 Å².